The van der Waals surface area contributed by atoms with Gasteiger partial charge in [-0.3, -0.25) is 0 Å². The Hall–Kier alpha value is -0.940. The van der Waals surface area contributed by atoms with Gasteiger partial charge in [-0.15, -0.1) is 0 Å². The van der Waals surface area contributed by atoms with Crippen molar-refractivity contribution in [1.82, 2.24) is 0 Å². The van der Waals surface area contributed by atoms with E-state index in [4.69, 9.17) is 5.11 Å². The average Bonchev–Trinajstić information content (AvgIpc) is 3.00. The van der Waals surface area contributed by atoms with Gasteiger partial charge in [0.25, 0.3) is 6.09 Å². The number of amidine groups is 1. The summed E-state index contributed by atoms with van der Waals surface area (Å²) in [6.45, 7) is 3.24. The Bertz CT molecular complexity index is 398. The number of carboxylic acid groups (broad SMARTS) is 1. The standard InChI is InChI=1S/C20H38N2O3/c1-2-3-4-5-6-7-8-9-10-11-12-13-14-19-21-15-16-22(19,17-18-23)20(24)25/h23H,2-18H2,1H3. The number of aliphatic imine (C=N–C) groups is 1. The van der Waals surface area contributed by atoms with E-state index in [2.05, 4.69) is 11.9 Å². The number of rotatable bonds is 15. The first kappa shape index (κ1) is 22.1. The van der Waals surface area contributed by atoms with Crippen molar-refractivity contribution >= 4 is 11.9 Å². The second-order valence-electron chi connectivity index (χ2n) is 7.34. The molecule has 0 aliphatic carbocycles. The maximum absolute atomic E-state index is 11.5. The summed E-state index contributed by atoms with van der Waals surface area (Å²) in [4.78, 5) is 15.9. The zero-order valence-corrected chi connectivity index (χ0v) is 16.2. The van der Waals surface area contributed by atoms with Gasteiger partial charge in [0, 0.05) is 6.42 Å². The summed E-state index contributed by atoms with van der Waals surface area (Å²) < 4.78 is -0.255. The average molecular weight is 355 g/mol. The number of nitrogens with zero attached hydrogens (tertiary/aromatic N) is 2. The van der Waals surface area contributed by atoms with E-state index in [0.29, 0.717) is 25.3 Å². The second kappa shape index (κ2) is 13.3. The van der Waals surface area contributed by atoms with E-state index in [-0.39, 0.29) is 17.6 Å². The zero-order valence-electron chi connectivity index (χ0n) is 16.2. The van der Waals surface area contributed by atoms with Gasteiger partial charge in [-0.25, -0.2) is 9.48 Å². The predicted octanol–water partition coefficient (Wildman–Crippen LogP) is 3.64. The quantitative estimate of drug-likeness (QED) is 0.360. The highest BCUT2D eigenvalue weighted by Crippen LogP contribution is 2.20. The molecule has 5 heteroatoms. The molecule has 5 nitrogen and oxygen atoms in total. The van der Waals surface area contributed by atoms with Gasteiger partial charge in [-0.05, 0) is 6.42 Å². The van der Waals surface area contributed by atoms with Crippen molar-refractivity contribution in [2.45, 2.75) is 90.4 Å². The van der Waals surface area contributed by atoms with Crippen LogP contribution in [0.25, 0.3) is 0 Å². The number of carbonyl (C=O) groups is 1. The summed E-state index contributed by atoms with van der Waals surface area (Å²) >= 11 is 0. The molecule has 146 valence electrons. The summed E-state index contributed by atoms with van der Waals surface area (Å²) in [7, 11) is 0. The number of aliphatic hydroxyl groups is 1. The van der Waals surface area contributed by atoms with Crippen LogP contribution in [0.2, 0.25) is 0 Å². The van der Waals surface area contributed by atoms with Crippen molar-refractivity contribution in [2.75, 3.05) is 26.2 Å². The minimum atomic E-state index is -1.12. The highest BCUT2D eigenvalue weighted by molar-refractivity contribution is 5.85. The van der Waals surface area contributed by atoms with Crippen molar-refractivity contribution in [3.8, 4) is 0 Å². The minimum absolute atomic E-state index is 0.147. The van der Waals surface area contributed by atoms with Crippen LogP contribution in [-0.2, 0) is 0 Å². The van der Waals surface area contributed by atoms with Crippen LogP contribution < -0.4 is 5.11 Å². The first-order valence-electron chi connectivity index (χ1n) is 10.4. The van der Waals surface area contributed by atoms with E-state index in [1.165, 1.54) is 64.2 Å². The molecule has 0 saturated heterocycles. The van der Waals surface area contributed by atoms with Gasteiger partial charge in [0.05, 0.1) is 13.2 Å². The van der Waals surface area contributed by atoms with Crippen LogP contribution in [0, 0.1) is 0 Å². The first-order valence-corrected chi connectivity index (χ1v) is 10.4. The van der Waals surface area contributed by atoms with Crippen LogP contribution >= 0.6 is 0 Å². The molecule has 0 bridgehead atoms. The summed E-state index contributed by atoms with van der Waals surface area (Å²) in [5, 5.41) is 20.7. The Morgan fingerprint density at radius 2 is 1.52 bits per heavy atom. The molecule has 1 aliphatic heterocycles. The van der Waals surface area contributed by atoms with Crippen LogP contribution in [0.1, 0.15) is 90.4 Å². The number of aliphatic hydroxyl groups excluding tert-OH is 1. The van der Waals surface area contributed by atoms with Gasteiger partial charge in [-0.2, -0.15) is 0 Å². The van der Waals surface area contributed by atoms with Gasteiger partial charge in [0.1, 0.15) is 13.1 Å². The molecule has 1 N–H and O–H groups in total. The maximum atomic E-state index is 11.5. The van der Waals surface area contributed by atoms with E-state index in [9.17, 15) is 9.90 Å². The van der Waals surface area contributed by atoms with E-state index in [0.717, 1.165) is 12.8 Å². The van der Waals surface area contributed by atoms with Crippen molar-refractivity contribution in [3.63, 3.8) is 0 Å². The van der Waals surface area contributed by atoms with Gasteiger partial charge in [0.2, 0.25) is 5.84 Å². The van der Waals surface area contributed by atoms with E-state index < -0.39 is 6.09 Å². The van der Waals surface area contributed by atoms with Crippen LogP contribution in [0.3, 0.4) is 0 Å². The lowest BCUT2D eigenvalue weighted by atomic mass is 10.0. The van der Waals surface area contributed by atoms with Gasteiger partial charge in [-0.1, -0.05) is 77.6 Å². The number of unbranched alkanes of at least 4 members (excludes halogenated alkanes) is 11. The van der Waals surface area contributed by atoms with Crippen LogP contribution in [0.5, 0.6) is 0 Å². The molecule has 0 aromatic rings. The molecule has 1 amide bonds. The fourth-order valence-electron chi connectivity index (χ4n) is 3.73. The van der Waals surface area contributed by atoms with Crippen molar-refractivity contribution in [3.05, 3.63) is 0 Å². The van der Waals surface area contributed by atoms with Crippen molar-refractivity contribution in [2.24, 2.45) is 4.99 Å². The Morgan fingerprint density at radius 1 is 1.00 bits per heavy atom. The lowest BCUT2D eigenvalue weighted by molar-refractivity contribution is -0.786. The Morgan fingerprint density at radius 3 is 2.00 bits per heavy atom. The highest BCUT2D eigenvalue weighted by atomic mass is 16.4. The summed E-state index contributed by atoms with van der Waals surface area (Å²) in [6.07, 6.45) is 15.1. The number of hydrogen-bond donors (Lipinski definition) is 1. The van der Waals surface area contributed by atoms with Gasteiger partial charge >= 0.3 is 0 Å². The third-order valence-electron chi connectivity index (χ3n) is 5.36. The molecular formula is C20H38N2O3. The zero-order chi connectivity index (χ0) is 18.4. The lowest BCUT2D eigenvalue weighted by Gasteiger charge is -2.33. The third-order valence-corrected chi connectivity index (χ3v) is 5.36. The fourth-order valence-corrected chi connectivity index (χ4v) is 3.73. The Labute approximate surface area is 153 Å². The molecule has 25 heavy (non-hydrogen) atoms. The lowest BCUT2D eigenvalue weighted by Crippen LogP contribution is -2.61. The summed E-state index contributed by atoms with van der Waals surface area (Å²) in [5.41, 5.74) is 0. The minimum Gasteiger partial charge on any atom is -0.498 e. The summed E-state index contributed by atoms with van der Waals surface area (Å²) in [6, 6.07) is 0. The van der Waals surface area contributed by atoms with Gasteiger partial charge in [0.15, 0.2) is 0 Å². The fraction of sp³-hybridized carbons (Fsp3) is 0.900. The normalized spacial score (nSPS) is 20.0. The molecule has 0 aromatic heterocycles. The van der Waals surface area contributed by atoms with E-state index in [1.807, 2.05) is 0 Å². The van der Waals surface area contributed by atoms with E-state index >= 15 is 0 Å². The molecule has 1 atom stereocenters. The molecule has 1 aliphatic rings. The number of quaternary nitrogens is 1. The van der Waals surface area contributed by atoms with E-state index in [1.54, 1.807) is 0 Å². The highest BCUT2D eigenvalue weighted by Gasteiger charge is 2.39. The van der Waals surface area contributed by atoms with Crippen LogP contribution in [0.15, 0.2) is 4.99 Å². The SMILES string of the molecule is CCCCCCCCCCCCCCC1=NCC[N+]1(CCO)C(=O)[O-]. The maximum Gasteiger partial charge on any atom is 0.263 e. The molecule has 1 unspecified atom stereocenters. The predicted molar refractivity (Wildman–Crippen MR) is 100 cm³/mol. The number of carbonyl (C=O) groups excluding carboxylic acids is 1. The Kier molecular flexibility index (Phi) is 11.7. The summed E-state index contributed by atoms with van der Waals surface area (Å²) in [5.74, 6) is 0.695. The third kappa shape index (κ3) is 7.87. The number of amides is 1. The first-order chi connectivity index (χ1) is 12.2. The molecule has 1 rings (SSSR count). The Balaban J connectivity index is 2.05. The van der Waals surface area contributed by atoms with Crippen molar-refractivity contribution < 1.29 is 19.5 Å². The molecule has 0 saturated carbocycles. The largest absolute Gasteiger partial charge is 0.498 e. The molecular weight excluding hydrogens is 316 g/mol. The van der Waals surface area contributed by atoms with Crippen LogP contribution in [0.4, 0.5) is 4.79 Å². The molecule has 1 heterocycles. The smallest absolute Gasteiger partial charge is 0.263 e. The van der Waals surface area contributed by atoms with Crippen LogP contribution in [-0.4, -0.2) is 47.8 Å². The van der Waals surface area contributed by atoms with Gasteiger partial charge < -0.3 is 15.0 Å². The van der Waals surface area contributed by atoms with Crippen molar-refractivity contribution in [1.29, 1.82) is 0 Å². The topological polar surface area (TPSA) is 72.7 Å². The molecule has 0 radical (unpaired) electrons. The molecule has 0 fully saturated rings. The number of hydrogen-bond acceptors (Lipinski definition) is 4. The second-order valence-corrected chi connectivity index (χ2v) is 7.34. The molecule has 0 spiro atoms. The monoisotopic (exact) mass is 354 g/mol. The molecule has 0 aromatic carbocycles.